The molecule has 0 aliphatic rings. The number of aromatic nitrogens is 3. The average molecular weight is 840 g/mol. The van der Waals surface area contributed by atoms with Crippen LogP contribution >= 0.6 is 74.5 Å². The number of anilines is 3. The number of rotatable bonds is 1. The van der Waals surface area contributed by atoms with Gasteiger partial charge in [-0.15, -0.1) is 22.7 Å². The van der Waals surface area contributed by atoms with Crippen molar-refractivity contribution in [3.05, 3.63) is 144 Å². The van der Waals surface area contributed by atoms with Crippen molar-refractivity contribution in [2.45, 2.75) is 6.92 Å². The van der Waals surface area contributed by atoms with Crippen LogP contribution in [0.2, 0.25) is 0 Å². The average Bonchev–Trinajstić information content (AvgIpc) is 3.84. The number of aryl methyl sites for hydroxylation is 1. The summed E-state index contributed by atoms with van der Waals surface area (Å²) >= 11 is 15.1. The van der Waals surface area contributed by atoms with Gasteiger partial charge in [-0.25, -0.2) is 15.0 Å². The van der Waals surface area contributed by atoms with Crippen molar-refractivity contribution in [3.8, 4) is 0 Å². The van der Waals surface area contributed by atoms with Gasteiger partial charge < -0.3 is 22.5 Å². The molecule has 0 aliphatic carbocycles. The zero-order chi connectivity index (χ0) is 34.6. The Morgan fingerprint density at radius 2 is 1.10 bits per heavy atom. The number of hydrogen-bond donors (Lipinski definition) is 4. The minimum Gasteiger partial charge on any atom is -0.399 e. The van der Waals surface area contributed by atoms with E-state index in [1.165, 1.54) is 20.7 Å². The van der Waals surface area contributed by atoms with Gasteiger partial charge in [-0.1, -0.05) is 84.1 Å². The van der Waals surface area contributed by atoms with E-state index in [4.69, 9.17) is 17.2 Å². The second-order valence-electron chi connectivity index (χ2n) is 9.31. The van der Waals surface area contributed by atoms with E-state index in [1.54, 1.807) is 22.7 Å². The molecule has 0 spiro atoms. The summed E-state index contributed by atoms with van der Waals surface area (Å²) in [6.07, 6.45) is 0. The number of nitrogens with one attached hydrogen (secondary N) is 1. The Hall–Kier alpha value is -3.98. The second kappa shape index (κ2) is 21.8. The molecule has 0 aliphatic heterocycles. The van der Waals surface area contributed by atoms with Crippen LogP contribution in [-0.4, -0.2) is 20.1 Å². The monoisotopic (exact) mass is 837 g/mol. The van der Waals surface area contributed by atoms with Gasteiger partial charge in [-0.3, -0.25) is 0 Å². The number of benzene rings is 5. The molecule has 48 heavy (non-hydrogen) atoms. The lowest BCUT2D eigenvalue weighted by atomic mass is 10.3. The summed E-state index contributed by atoms with van der Waals surface area (Å²) in [5.41, 5.74) is 22.9. The number of halogens is 2. The van der Waals surface area contributed by atoms with Crippen molar-refractivity contribution in [1.29, 1.82) is 0 Å². The number of thiocarbonyl (C=S) groups is 1. The summed E-state index contributed by atoms with van der Waals surface area (Å²) in [6, 6.07) is 43.3. The third-order valence-electron chi connectivity index (χ3n) is 5.79. The first-order valence-electron chi connectivity index (χ1n) is 14.1. The highest BCUT2D eigenvalue weighted by Crippen LogP contribution is 2.22. The zero-order valence-electron chi connectivity index (χ0n) is 25.7. The normalized spacial score (nSPS) is 9.48. The van der Waals surface area contributed by atoms with Crippen LogP contribution in [0.5, 0.6) is 0 Å². The fraction of sp³-hybridized carbons (Fsp3) is 0.0286. The molecule has 0 saturated carbocycles. The van der Waals surface area contributed by atoms with Gasteiger partial charge in [0, 0.05) is 39.6 Å². The van der Waals surface area contributed by atoms with Gasteiger partial charge in [0.15, 0.2) is 10.2 Å². The van der Waals surface area contributed by atoms with Crippen molar-refractivity contribution in [2.75, 3.05) is 16.8 Å². The number of nitrogens with zero attached hydrogens (tertiary/aromatic N) is 3. The molecule has 3 aromatic heterocycles. The van der Waals surface area contributed by atoms with Crippen LogP contribution in [-0.2, 0) is 0 Å². The van der Waals surface area contributed by atoms with Crippen molar-refractivity contribution < 1.29 is 0 Å². The molecular formula is C35H33Br2N7S4. The molecule has 3 heterocycles. The molecule has 8 rings (SSSR count). The van der Waals surface area contributed by atoms with Gasteiger partial charge in [-0.05, 0) is 79.8 Å². The minimum atomic E-state index is 0.297. The Bertz CT molecular complexity index is 1900. The fourth-order valence-electron chi connectivity index (χ4n) is 3.80. The number of thiazole rings is 3. The minimum absolute atomic E-state index is 0.297. The van der Waals surface area contributed by atoms with E-state index >= 15 is 0 Å². The van der Waals surface area contributed by atoms with Gasteiger partial charge in [0.2, 0.25) is 0 Å². The summed E-state index contributed by atoms with van der Waals surface area (Å²) in [4.78, 5) is 12.6. The standard InChI is InChI=1S/C8H7NS.C7H6N2S.C7H8N2S.C7H5NS.C6H7N.Br2/c1-6-9-7-4-2-3-5-8(7)10-6;8-7-9-5-3-1-2-4-6(5)10-7;8-7(10)9-6-4-2-1-3-5-6;1-2-4-7-6(3-1)8-5-9-7;7-6-4-2-1-3-5-6;1-2/h2-5H,1H3;1-4H,(H2,8,9);1-5H,(H3,8,9,10);1-5H;1-5H,7H2;. The lowest BCUT2D eigenvalue weighted by Gasteiger charge is -2.00. The number of hydrogen-bond acceptors (Lipinski definition) is 9. The summed E-state index contributed by atoms with van der Waals surface area (Å²) in [5.74, 6) is 0. The van der Waals surface area contributed by atoms with Gasteiger partial charge in [0.25, 0.3) is 0 Å². The van der Waals surface area contributed by atoms with E-state index in [9.17, 15) is 0 Å². The molecule has 0 atom stereocenters. The maximum Gasteiger partial charge on any atom is 0.181 e. The molecule has 7 nitrogen and oxygen atoms in total. The fourth-order valence-corrected chi connectivity index (χ4v) is 6.16. The van der Waals surface area contributed by atoms with Gasteiger partial charge in [-0.2, -0.15) is 0 Å². The highest BCUT2D eigenvalue weighted by Gasteiger charge is 1.97. The summed E-state index contributed by atoms with van der Waals surface area (Å²) < 4.78 is 3.69. The number of fused-ring (bicyclic) bond motifs is 3. The van der Waals surface area contributed by atoms with Crippen molar-refractivity contribution >= 4 is 127 Å². The Labute approximate surface area is 312 Å². The predicted molar refractivity (Wildman–Crippen MR) is 224 cm³/mol. The van der Waals surface area contributed by atoms with Gasteiger partial charge in [0.05, 0.1) is 41.2 Å². The van der Waals surface area contributed by atoms with E-state index in [-0.39, 0.29) is 0 Å². The molecule has 246 valence electrons. The molecule has 0 fully saturated rings. The molecule has 8 aromatic rings. The van der Waals surface area contributed by atoms with Crippen molar-refractivity contribution in [3.63, 3.8) is 0 Å². The lowest BCUT2D eigenvalue weighted by molar-refractivity contribution is 1.35. The summed E-state index contributed by atoms with van der Waals surface area (Å²) in [6.45, 7) is 2.03. The Morgan fingerprint density at radius 1 is 0.625 bits per heavy atom. The number of para-hydroxylation sites is 5. The first-order valence-corrected chi connectivity index (χ1v) is 20.8. The highest BCUT2D eigenvalue weighted by molar-refractivity contribution is 9.93. The maximum atomic E-state index is 5.50. The molecule has 5 aromatic carbocycles. The van der Waals surface area contributed by atoms with Crippen LogP contribution < -0.4 is 22.5 Å². The van der Waals surface area contributed by atoms with E-state index < -0.39 is 0 Å². The molecule has 0 bridgehead atoms. The van der Waals surface area contributed by atoms with Gasteiger partial charge in [0.1, 0.15) is 0 Å². The predicted octanol–water partition coefficient (Wildman–Crippen LogP) is 11.1. The summed E-state index contributed by atoms with van der Waals surface area (Å²) in [7, 11) is 0. The van der Waals surface area contributed by atoms with Crippen molar-refractivity contribution in [2.24, 2.45) is 5.73 Å². The van der Waals surface area contributed by atoms with Crippen molar-refractivity contribution in [1.82, 2.24) is 15.0 Å². The van der Waals surface area contributed by atoms with Crippen LogP contribution in [0.3, 0.4) is 0 Å². The third kappa shape index (κ3) is 14.0. The number of nitrogens with two attached hydrogens (primary N) is 3. The van der Waals surface area contributed by atoms with Crippen LogP contribution in [0.15, 0.2) is 139 Å². The smallest absolute Gasteiger partial charge is 0.181 e. The van der Waals surface area contributed by atoms with Crippen LogP contribution in [0.4, 0.5) is 16.5 Å². The van der Waals surface area contributed by atoms with E-state index in [1.807, 2.05) is 134 Å². The molecule has 0 radical (unpaired) electrons. The Kier molecular flexibility index (Phi) is 17.5. The quantitative estimate of drug-likeness (QED) is 0.0950. The first kappa shape index (κ1) is 38.5. The molecule has 0 amide bonds. The lowest BCUT2D eigenvalue weighted by Crippen LogP contribution is -2.18. The molecule has 13 heteroatoms. The van der Waals surface area contributed by atoms with Crippen LogP contribution in [0, 0.1) is 6.92 Å². The van der Waals surface area contributed by atoms with E-state index in [2.05, 4.69) is 72.9 Å². The molecule has 7 N–H and O–H groups in total. The number of nitrogen functional groups attached to an aromatic ring is 2. The Morgan fingerprint density at radius 3 is 1.60 bits per heavy atom. The van der Waals surface area contributed by atoms with E-state index in [0.29, 0.717) is 10.2 Å². The largest absolute Gasteiger partial charge is 0.399 e. The topological polar surface area (TPSA) is 129 Å². The zero-order valence-corrected chi connectivity index (χ0v) is 32.2. The van der Waals surface area contributed by atoms with E-state index in [0.717, 1.165) is 37.6 Å². The first-order chi connectivity index (χ1) is 23.4. The highest BCUT2D eigenvalue weighted by atomic mass is 80.9. The van der Waals surface area contributed by atoms with Gasteiger partial charge >= 0.3 is 0 Å². The maximum absolute atomic E-state index is 5.50. The third-order valence-corrected chi connectivity index (χ3v) is 8.52. The molecule has 0 unspecified atom stereocenters. The second-order valence-corrected chi connectivity index (χ2v) is 12.9. The molecule has 0 saturated heterocycles. The van der Waals surface area contributed by atoms with Crippen LogP contribution in [0.25, 0.3) is 30.6 Å². The summed E-state index contributed by atoms with van der Waals surface area (Å²) in [5, 5.41) is 4.89. The Balaban J connectivity index is 0.000000161. The SMILES string of the molecule is BrBr.Cc1nc2ccccc2s1.NC(=S)Nc1ccccc1.Nc1ccccc1.Nc1nc2ccccc2s1.c1ccc2scnc2c1. The van der Waals surface area contributed by atoms with Crippen LogP contribution in [0.1, 0.15) is 5.01 Å². The molecular weight excluding hydrogens is 807 g/mol.